The van der Waals surface area contributed by atoms with Crippen LogP contribution in [-0.4, -0.2) is 15.6 Å². The molecule has 0 aliphatic heterocycles. The average Bonchev–Trinajstić information content (AvgIpc) is 3.17. The topological polar surface area (TPSA) is 34.9 Å². The van der Waals surface area contributed by atoms with Crippen molar-refractivity contribution in [1.82, 2.24) is 9.78 Å². The van der Waals surface area contributed by atoms with Gasteiger partial charge in [-0.2, -0.15) is 5.10 Å². The number of Topliss-reactive ketones (excluding diaryl/α,β-unsaturated/α-hetero) is 1. The highest BCUT2D eigenvalue weighted by Gasteiger charge is 2.60. The summed E-state index contributed by atoms with van der Waals surface area (Å²) < 4.78 is 1.88. The van der Waals surface area contributed by atoms with Gasteiger partial charge in [-0.25, -0.2) is 0 Å². The van der Waals surface area contributed by atoms with Gasteiger partial charge in [-0.05, 0) is 91.7 Å². The molecule has 0 N–H and O–H groups in total. The largest absolute Gasteiger partial charge is 0.294 e. The lowest BCUT2D eigenvalue weighted by molar-refractivity contribution is -0.137. The number of carbonyl (C=O) groups excluding carboxylic acids is 1. The molecule has 27 heavy (non-hydrogen) atoms. The van der Waals surface area contributed by atoms with Crippen molar-refractivity contribution in [2.45, 2.75) is 71.6 Å². The number of carbonyl (C=O) groups is 1. The van der Waals surface area contributed by atoms with E-state index >= 15 is 0 Å². The van der Waals surface area contributed by atoms with E-state index < -0.39 is 0 Å². The standard InChI is InChI=1S/C24H34N2O/c1-23-11-5-4-6-17(23)7-8-19-20(23)9-12-24(2)21(19)15-16(22(24)27)14-18-10-13-25-26(18)3/h10,13-14,17,19-21H,4-9,11-12,15H2,1-3H3/b16-14-/t17-,19+,20-,21-,23-,24-/m0/s1. The molecule has 1 aromatic heterocycles. The molecule has 0 bridgehead atoms. The molecule has 0 amide bonds. The van der Waals surface area contributed by atoms with Crippen LogP contribution < -0.4 is 0 Å². The van der Waals surface area contributed by atoms with Gasteiger partial charge in [0, 0.05) is 18.7 Å². The summed E-state index contributed by atoms with van der Waals surface area (Å²) in [5, 5.41) is 4.27. The Morgan fingerprint density at radius 2 is 1.96 bits per heavy atom. The zero-order valence-electron chi connectivity index (χ0n) is 17.2. The van der Waals surface area contributed by atoms with Gasteiger partial charge in [-0.1, -0.05) is 26.7 Å². The highest BCUT2D eigenvalue weighted by atomic mass is 16.1. The first-order valence-corrected chi connectivity index (χ1v) is 11.2. The first-order valence-electron chi connectivity index (χ1n) is 11.2. The van der Waals surface area contributed by atoms with Crippen LogP contribution in [0.2, 0.25) is 0 Å². The summed E-state index contributed by atoms with van der Waals surface area (Å²) in [7, 11) is 1.96. The van der Waals surface area contributed by atoms with Crippen molar-refractivity contribution in [2.24, 2.45) is 41.5 Å². The van der Waals surface area contributed by atoms with Crippen LogP contribution >= 0.6 is 0 Å². The van der Waals surface area contributed by atoms with Crippen LogP contribution in [0.25, 0.3) is 6.08 Å². The molecule has 4 saturated carbocycles. The van der Waals surface area contributed by atoms with Gasteiger partial charge in [0.15, 0.2) is 5.78 Å². The maximum absolute atomic E-state index is 13.4. The maximum Gasteiger partial charge on any atom is 0.165 e. The van der Waals surface area contributed by atoms with Crippen LogP contribution in [0.4, 0.5) is 0 Å². The molecular formula is C24H34N2O. The number of nitrogens with zero attached hydrogens (tertiary/aromatic N) is 2. The van der Waals surface area contributed by atoms with E-state index in [-0.39, 0.29) is 5.41 Å². The second-order valence-electron chi connectivity index (χ2n) is 10.4. The first kappa shape index (κ1) is 17.7. The lowest BCUT2D eigenvalue weighted by atomic mass is 9.45. The van der Waals surface area contributed by atoms with Crippen molar-refractivity contribution in [3.63, 3.8) is 0 Å². The van der Waals surface area contributed by atoms with E-state index in [1.54, 1.807) is 0 Å². The molecule has 4 aliphatic carbocycles. The smallest absolute Gasteiger partial charge is 0.165 e. The summed E-state index contributed by atoms with van der Waals surface area (Å²) in [6.45, 7) is 4.90. The molecule has 1 heterocycles. The Balaban J connectivity index is 1.48. The van der Waals surface area contributed by atoms with Crippen LogP contribution in [0.5, 0.6) is 0 Å². The van der Waals surface area contributed by atoms with Gasteiger partial charge < -0.3 is 0 Å². The number of allylic oxidation sites excluding steroid dienone is 1. The van der Waals surface area contributed by atoms with Crippen molar-refractivity contribution in [3.8, 4) is 0 Å². The Morgan fingerprint density at radius 1 is 1.11 bits per heavy atom. The third kappa shape index (κ3) is 2.46. The molecule has 4 fully saturated rings. The molecule has 0 radical (unpaired) electrons. The summed E-state index contributed by atoms with van der Waals surface area (Å²) in [5.41, 5.74) is 2.53. The molecule has 0 aromatic carbocycles. The molecule has 3 nitrogen and oxygen atoms in total. The number of hydrogen-bond donors (Lipinski definition) is 0. The lowest BCUT2D eigenvalue weighted by Gasteiger charge is -2.59. The summed E-state index contributed by atoms with van der Waals surface area (Å²) in [5.74, 6) is 3.53. The second kappa shape index (κ2) is 6.06. The van der Waals surface area contributed by atoms with E-state index in [4.69, 9.17) is 0 Å². The van der Waals surface area contributed by atoms with Crippen molar-refractivity contribution < 1.29 is 4.79 Å². The van der Waals surface area contributed by atoms with Crippen LogP contribution in [0.3, 0.4) is 0 Å². The van der Waals surface area contributed by atoms with Gasteiger partial charge in [0.1, 0.15) is 0 Å². The van der Waals surface area contributed by atoms with Crippen molar-refractivity contribution in [1.29, 1.82) is 0 Å². The van der Waals surface area contributed by atoms with Crippen LogP contribution in [0.15, 0.2) is 17.8 Å². The highest BCUT2D eigenvalue weighted by Crippen LogP contribution is 2.66. The molecule has 146 valence electrons. The summed E-state index contributed by atoms with van der Waals surface area (Å²) in [6.07, 6.45) is 15.8. The average molecular weight is 367 g/mol. The molecule has 0 saturated heterocycles. The lowest BCUT2D eigenvalue weighted by Crippen LogP contribution is -2.52. The molecule has 5 rings (SSSR count). The van der Waals surface area contributed by atoms with Gasteiger partial charge in [-0.3, -0.25) is 9.48 Å². The molecule has 3 heteroatoms. The van der Waals surface area contributed by atoms with E-state index in [1.165, 1.54) is 44.9 Å². The number of fused-ring (bicyclic) bond motifs is 5. The van der Waals surface area contributed by atoms with Crippen molar-refractivity contribution in [3.05, 3.63) is 23.5 Å². The van der Waals surface area contributed by atoms with Gasteiger partial charge in [-0.15, -0.1) is 0 Å². The fourth-order valence-electron chi connectivity index (χ4n) is 7.80. The Bertz CT molecular complexity index is 792. The fraction of sp³-hybridized carbons (Fsp3) is 0.750. The third-order valence-electron chi connectivity index (χ3n) is 9.40. The molecular weight excluding hydrogens is 332 g/mol. The van der Waals surface area contributed by atoms with E-state index in [0.717, 1.165) is 41.9 Å². The second-order valence-corrected chi connectivity index (χ2v) is 10.4. The van der Waals surface area contributed by atoms with Gasteiger partial charge in [0.05, 0.1) is 5.69 Å². The Labute approximate surface area is 163 Å². The molecule has 0 spiro atoms. The van der Waals surface area contributed by atoms with E-state index in [9.17, 15) is 4.79 Å². The van der Waals surface area contributed by atoms with Crippen LogP contribution in [-0.2, 0) is 11.8 Å². The Kier molecular flexibility index (Phi) is 3.97. The third-order valence-corrected chi connectivity index (χ3v) is 9.40. The van der Waals surface area contributed by atoms with Crippen molar-refractivity contribution in [2.75, 3.05) is 0 Å². The zero-order valence-corrected chi connectivity index (χ0v) is 17.2. The summed E-state index contributed by atoms with van der Waals surface area (Å²) in [6, 6.07) is 2.02. The van der Waals surface area contributed by atoms with Gasteiger partial charge in [0.25, 0.3) is 0 Å². The van der Waals surface area contributed by atoms with Crippen molar-refractivity contribution >= 4 is 11.9 Å². The SMILES string of the molecule is Cn1nccc1/C=C1/C[C@H]2[C@@H]3CC[C@@H]4CCCC[C@]4(C)[C@H]3CC[C@]2(C)C1=O. The van der Waals surface area contributed by atoms with Gasteiger partial charge >= 0.3 is 0 Å². The van der Waals surface area contributed by atoms with Crippen LogP contribution in [0, 0.1) is 34.5 Å². The van der Waals surface area contributed by atoms with Crippen LogP contribution in [0.1, 0.15) is 77.3 Å². The summed E-state index contributed by atoms with van der Waals surface area (Å²) in [4.78, 5) is 13.4. The minimum Gasteiger partial charge on any atom is -0.294 e. The molecule has 6 atom stereocenters. The fourth-order valence-corrected chi connectivity index (χ4v) is 7.80. The predicted molar refractivity (Wildman–Crippen MR) is 108 cm³/mol. The predicted octanol–water partition coefficient (Wildman–Crippen LogP) is 5.42. The normalized spacial score (nSPS) is 45.4. The summed E-state index contributed by atoms with van der Waals surface area (Å²) >= 11 is 0. The zero-order chi connectivity index (χ0) is 18.8. The van der Waals surface area contributed by atoms with Gasteiger partial charge in [0.2, 0.25) is 0 Å². The first-order chi connectivity index (χ1) is 12.9. The minimum absolute atomic E-state index is 0.122. The van der Waals surface area contributed by atoms with E-state index in [0.29, 0.717) is 17.1 Å². The number of rotatable bonds is 1. The number of ketones is 1. The number of aryl methyl sites for hydroxylation is 1. The Morgan fingerprint density at radius 3 is 2.74 bits per heavy atom. The quantitative estimate of drug-likeness (QED) is 0.622. The highest BCUT2D eigenvalue weighted by molar-refractivity contribution is 6.05. The molecule has 1 aromatic rings. The number of aromatic nitrogens is 2. The number of hydrogen-bond acceptors (Lipinski definition) is 2. The monoisotopic (exact) mass is 366 g/mol. The Hall–Kier alpha value is -1.38. The maximum atomic E-state index is 13.4. The minimum atomic E-state index is -0.122. The van der Waals surface area contributed by atoms with E-state index in [1.807, 2.05) is 24.0 Å². The molecule has 0 unspecified atom stereocenters. The van der Waals surface area contributed by atoms with E-state index in [2.05, 4.69) is 25.0 Å². The molecule has 4 aliphatic rings.